The van der Waals surface area contributed by atoms with Crippen molar-refractivity contribution in [1.29, 1.82) is 0 Å². The van der Waals surface area contributed by atoms with Gasteiger partial charge in [0.25, 0.3) is 0 Å². The summed E-state index contributed by atoms with van der Waals surface area (Å²) in [6.45, 7) is 14.1. The Morgan fingerprint density at radius 1 is 0.711 bits per heavy atom. The van der Waals surface area contributed by atoms with Crippen LogP contribution in [0.25, 0.3) is 0 Å². The molecule has 1 saturated carbocycles. The molecule has 4 atom stereocenters. The van der Waals surface area contributed by atoms with E-state index in [4.69, 9.17) is 0 Å². The number of fused-ring (bicyclic) bond motifs is 2. The number of nitrogens with zero attached hydrogens (tertiary/aromatic N) is 2. The van der Waals surface area contributed by atoms with E-state index in [0.29, 0.717) is 23.4 Å². The first kappa shape index (κ1) is 32.2. The Balaban J connectivity index is 1.50. The summed E-state index contributed by atoms with van der Waals surface area (Å²) in [5.41, 5.74) is 6.59. The van der Waals surface area contributed by atoms with Crippen molar-refractivity contribution < 1.29 is 0 Å². The second-order valence-corrected chi connectivity index (χ2v) is 19.2. The van der Waals surface area contributed by atoms with Gasteiger partial charge in [0.15, 0.2) is 8.24 Å². The Kier molecular flexibility index (Phi) is 9.71. The zero-order valence-corrected chi connectivity index (χ0v) is 29.8. The van der Waals surface area contributed by atoms with Gasteiger partial charge in [-0.15, -0.1) is 0 Å². The zero-order chi connectivity index (χ0) is 31.6. The summed E-state index contributed by atoms with van der Waals surface area (Å²) >= 11 is 0. The van der Waals surface area contributed by atoms with E-state index in [1.54, 1.807) is 10.4 Å². The topological polar surface area (TPSA) is 6.48 Å². The smallest absolute Gasteiger partial charge is 0.196 e. The highest BCUT2D eigenvalue weighted by Crippen LogP contribution is 2.53. The number of hydrogen-bond acceptors (Lipinski definition) is 2. The van der Waals surface area contributed by atoms with Gasteiger partial charge in [-0.3, -0.25) is 4.90 Å². The molecule has 0 N–H and O–H groups in total. The van der Waals surface area contributed by atoms with Crippen molar-refractivity contribution in [3.63, 3.8) is 0 Å². The van der Waals surface area contributed by atoms with Gasteiger partial charge >= 0.3 is 0 Å². The standard InChI is InChI=1S/C42H56N2Si/c1-7-9-15-32-21-25-36(26-22-32)45(43(6)42(3,4)5,37-27-23-33(24-28-37)16-10-8-2)41-29-40(38-19-13-14-20-39(38)41)44-30-34-17-11-12-18-35(34)31-44/h11-14,17-28,38-41H,7-10,15-16,29-31H2,1-6H3. The molecule has 1 heterocycles. The Labute approximate surface area is 275 Å². The molecule has 3 aromatic rings. The monoisotopic (exact) mass is 616 g/mol. The van der Waals surface area contributed by atoms with Crippen LogP contribution >= 0.6 is 0 Å². The van der Waals surface area contributed by atoms with E-state index in [1.807, 2.05) is 0 Å². The van der Waals surface area contributed by atoms with Crippen LogP contribution in [0.15, 0.2) is 97.1 Å². The van der Waals surface area contributed by atoms with Gasteiger partial charge < -0.3 is 4.57 Å². The van der Waals surface area contributed by atoms with Gasteiger partial charge in [0, 0.05) is 24.7 Å². The Bertz CT molecular complexity index is 1400. The SMILES string of the molecule is CCCCc1ccc([Si](c2ccc(CCCC)cc2)(C2CC(N3Cc4ccccc4C3)C3C=CC=CC32)N(C)C(C)(C)C)cc1. The van der Waals surface area contributed by atoms with Crippen molar-refractivity contribution in [1.82, 2.24) is 9.47 Å². The highest BCUT2D eigenvalue weighted by molar-refractivity contribution is 7.01. The fraction of sp³-hybridized carbons (Fsp3) is 0.476. The van der Waals surface area contributed by atoms with Crippen LogP contribution in [-0.4, -0.2) is 36.3 Å². The second-order valence-electron chi connectivity index (χ2n) is 15.1. The summed E-state index contributed by atoms with van der Waals surface area (Å²) in [6.07, 6.45) is 18.4. The lowest BCUT2D eigenvalue weighted by molar-refractivity contribution is 0.171. The van der Waals surface area contributed by atoms with Crippen LogP contribution in [0.4, 0.5) is 0 Å². The minimum atomic E-state index is -2.52. The summed E-state index contributed by atoms with van der Waals surface area (Å²) in [4.78, 5) is 2.82. The van der Waals surface area contributed by atoms with Gasteiger partial charge in [-0.2, -0.15) is 0 Å². The molecule has 0 saturated heterocycles. The summed E-state index contributed by atoms with van der Waals surface area (Å²) in [5, 5.41) is 3.16. The molecule has 0 bridgehead atoms. The van der Waals surface area contributed by atoms with E-state index in [0.717, 1.165) is 13.1 Å². The molecular weight excluding hydrogens is 561 g/mol. The maximum atomic E-state index is 2.89. The second kappa shape index (κ2) is 13.6. The van der Waals surface area contributed by atoms with Gasteiger partial charge in [0.1, 0.15) is 0 Å². The first-order valence-electron chi connectivity index (χ1n) is 17.9. The van der Waals surface area contributed by atoms with Gasteiger partial charge in [-0.25, -0.2) is 0 Å². The lowest BCUT2D eigenvalue weighted by Crippen LogP contribution is -2.75. The summed E-state index contributed by atoms with van der Waals surface area (Å²) in [5.74, 6) is 1.07. The van der Waals surface area contributed by atoms with Crippen LogP contribution in [0.3, 0.4) is 0 Å². The van der Waals surface area contributed by atoms with E-state index in [2.05, 4.69) is 148 Å². The molecule has 45 heavy (non-hydrogen) atoms. The quantitative estimate of drug-likeness (QED) is 0.199. The van der Waals surface area contributed by atoms with Crippen molar-refractivity contribution in [2.45, 2.75) is 110 Å². The van der Waals surface area contributed by atoms with Crippen molar-refractivity contribution >= 4 is 18.6 Å². The van der Waals surface area contributed by atoms with E-state index >= 15 is 0 Å². The van der Waals surface area contributed by atoms with Crippen LogP contribution in [0, 0.1) is 11.8 Å². The van der Waals surface area contributed by atoms with Crippen molar-refractivity contribution in [3.8, 4) is 0 Å². The number of allylic oxidation sites excluding steroid dienone is 3. The molecule has 238 valence electrons. The predicted molar refractivity (Wildman–Crippen MR) is 196 cm³/mol. The Morgan fingerprint density at radius 3 is 1.67 bits per heavy atom. The molecule has 0 spiro atoms. The molecule has 2 nitrogen and oxygen atoms in total. The fourth-order valence-corrected chi connectivity index (χ4v) is 15.2. The molecule has 0 aromatic heterocycles. The Hall–Kier alpha value is -2.72. The third kappa shape index (κ3) is 6.21. The number of rotatable bonds is 11. The molecular formula is C42H56N2Si. The molecule has 2 aliphatic carbocycles. The van der Waals surface area contributed by atoms with Crippen LogP contribution in [0.1, 0.15) is 89.0 Å². The fourth-order valence-electron chi connectivity index (χ4n) is 8.81. The number of unbranched alkanes of at least 4 members (excludes halogenated alkanes) is 2. The van der Waals surface area contributed by atoms with Crippen molar-refractivity contribution in [2.75, 3.05) is 7.05 Å². The Morgan fingerprint density at radius 2 is 1.20 bits per heavy atom. The largest absolute Gasteiger partial charge is 0.314 e. The summed E-state index contributed by atoms with van der Waals surface area (Å²) < 4.78 is 2.89. The minimum Gasteiger partial charge on any atom is -0.314 e. The molecule has 4 unspecified atom stereocenters. The van der Waals surface area contributed by atoms with E-state index in [9.17, 15) is 0 Å². The number of aryl methyl sites for hydroxylation is 2. The molecule has 1 fully saturated rings. The molecule has 3 aromatic carbocycles. The molecule has 3 heteroatoms. The molecule has 3 aliphatic rings. The number of hydrogen-bond donors (Lipinski definition) is 0. The van der Waals surface area contributed by atoms with E-state index < -0.39 is 8.24 Å². The molecule has 6 rings (SSSR count). The summed E-state index contributed by atoms with van der Waals surface area (Å²) in [6, 6.07) is 29.8. The molecule has 1 aliphatic heterocycles. The zero-order valence-electron chi connectivity index (χ0n) is 28.8. The van der Waals surface area contributed by atoms with E-state index in [1.165, 1.54) is 67.2 Å². The van der Waals surface area contributed by atoms with Gasteiger partial charge in [0.05, 0.1) is 0 Å². The van der Waals surface area contributed by atoms with Crippen LogP contribution in [0.2, 0.25) is 5.54 Å². The maximum Gasteiger partial charge on any atom is 0.196 e. The van der Waals surface area contributed by atoms with Gasteiger partial charge in [0.2, 0.25) is 0 Å². The summed E-state index contributed by atoms with van der Waals surface area (Å²) in [7, 11) is -0.0503. The predicted octanol–water partition coefficient (Wildman–Crippen LogP) is 8.68. The van der Waals surface area contributed by atoms with Crippen LogP contribution in [-0.2, 0) is 25.9 Å². The average Bonchev–Trinajstić information content (AvgIpc) is 3.66. The third-order valence-corrected chi connectivity index (χ3v) is 17.3. The van der Waals surface area contributed by atoms with Gasteiger partial charge in [-0.1, -0.05) is 124 Å². The maximum absolute atomic E-state index is 2.89. The molecule has 0 amide bonds. The number of benzene rings is 3. The van der Waals surface area contributed by atoms with Crippen LogP contribution < -0.4 is 10.4 Å². The van der Waals surface area contributed by atoms with E-state index in [-0.39, 0.29) is 5.54 Å². The highest BCUT2D eigenvalue weighted by Gasteiger charge is 2.59. The third-order valence-electron chi connectivity index (χ3n) is 11.5. The van der Waals surface area contributed by atoms with Gasteiger partial charge in [-0.05, 0) is 110 Å². The normalized spacial score (nSPS) is 23.1. The first-order chi connectivity index (χ1) is 21.8. The lowest BCUT2D eigenvalue weighted by Gasteiger charge is -2.52. The van der Waals surface area contributed by atoms with Crippen molar-refractivity contribution in [2.24, 2.45) is 11.8 Å². The average molecular weight is 617 g/mol. The van der Waals surface area contributed by atoms with Crippen molar-refractivity contribution in [3.05, 3.63) is 119 Å². The highest BCUT2D eigenvalue weighted by atomic mass is 28.3. The first-order valence-corrected chi connectivity index (χ1v) is 19.9. The minimum absolute atomic E-state index is 0.0275. The molecule has 0 radical (unpaired) electrons. The van der Waals surface area contributed by atoms with Crippen LogP contribution in [0.5, 0.6) is 0 Å². The lowest BCUT2D eigenvalue weighted by atomic mass is 9.89.